The Morgan fingerprint density at radius 3 is 2.31 bits per heavy atom. The van der Waals surface area contributed by atoms with Gasteiger partial charge in [-0.05, 0) is 48.4 Å². The molecular weight excluding hydrogens is 544 g/mol. The molecule has 2 fully saturated rings. The first-order valence-electron chi connectivity index (χ1n) is 15.4. The maximum absolute atomic E-state index is 14.8. The summed E-state index contributed by atoms with van der Waals surface area (Å²) in [5.74, 6) is -0.901. The fourth-order valence-electron chi connectivity index (χ4n) is 7.96. The first-order valence-corrected chi connectivity index (χ1v) is 15.8. The van der Waals surface area contributed by atoms with Gasteiger partial charge in [-0.1, -0.05) is 112 Å². The van der Waals surface area contributed by atoms with Crippen molar-refractivity contribution in [2.75, 3.05) is 5.32 Å². The molecule has 218 valence electrons. The van der Waals surface area contributed by atoms with Crippen LogP contribution in [0.2, 0.25) is 5.02 Å². The van der Waals surface area contributed by atoms with E-state index < -0.39 is 17.4 Å². The van der Waals surface area contributed by atoms with Crippen LogP contribution in [0.25, 0.3) is 0 Å². The number of rotatable bonds is 8. The Balaban J connectivity index is 1.59. The Hall–Kier alpha value is -3.44. The lowest BCUT2D eigenvalue weighted by molar-refractivity contribution is -0.146. The van der Waals surface area contributed by atoms with Gasteiger partial charge < -0.3 is 10.2 Å². The minimum atomic E-state index is -1.46. The highest BCUT2D eigenvalue weighted by Gasteiger charge is 2.69. The Bertz CT molecular complexity index is 1460. The van der Waals surface area contributed by atoms with E-state index in [1.165, 1.54) is 12.8 Å². The second-order valence-corrected chi connectivity index (χ2v) is 13.1. The molecule has 3 aliphatic rings. The molecule has 3 aromatic rings. The molecule has 0 bridgehead atoms. The Kier molecular flexibility index (Phi) is 7.97. The SMILES string of the molecule is CC(C)CC1C(c2ccc(Cl)cc2)C(C(=O)c2ccccc2)C2(C(=O)Nc3ccccc32)N1C(=O)CCC1CCCC1. The van der Waals surface area contributed by atoms with Gasteiger partial charge in [0.25, 0.3) is 5.91 Å². The molecule has 2 aliphatic heterocycles. The smallest absolute Gasteiger partial charge is 0.255 e. The van der Waals surface area contributed by atoms with Crippen LogP contribution in [-0.4, -0.2) is 28.5 Å². The van der Waals surface area contributed by atoms with Crippen molar-refractivity contribution in [1.29, 1.82) is 0 Å². The Morgan fingerprint density at radius 1 is 0.952 bits per heavy atom. The number of carbonyl (C=O) groups excluding carboxylic acids is 3. The number of ketones is 1. The zero-order valence-electron chi connectivity index (χ0n) is 24.4. The number of carbonyl (C=O) groups is 3. The van der Waals surface area contributed by atoms with Crippen molar-refractivity contribution in [2.24, 2.45) is 17.8 Å². The lowest BCUT2D eigenvalue weighted by Gasteiger charge is -2.40. The normalized spacial score (nSPS) is 25.3. The van der Waals surface area contributed by atoms with Crippen molar-refractivity contribution in [3.8, 4) is 0 Å². The maximum Gasteiger partial charge on any atom is 0.255 e. The Morgan fingerprint density at radius 2 is 1.62 bits per heavy atom. The molecule has 0 aromatic heterocycles. The van der Waals surface area contributed by atoms with Crippen LogP contribution in [0.15, 0.2) is 78.9 Å². The fraction of sp³-hybridized carbons (Fsp3) is 0.417. The molecule has 1 N–H and O–H groups in total. The minimum Gasteiger partial charge on any atom is -0.323 e. The first-order chi connectivity index (χ1) is 20.3. The van der Waals surface area contributed by atoms with E-state index in [1.54, 1.807) is 0 Å². The molecule has 5 nitrogen and oxygen atoms in total. The lowest BCUT2D eigenvalue weighted by Crippen LogP contribution is -2.56. The zero-order valence-corrected chi connectivity index (χ0v) is 25.1. The summed E-state index contributed by atoms with van der Waals surface area (Å²) in [6, 6.07) is 24.1. The topological polar surface area (TPSA) is 66.5 Å². The molecule has 4 unspecified atom stereocenters. The highest BCUT2D eigenvalue weighted by atomic mass is 35.5. The van der Waals surface area contributed by atoms with E-state index in [9.17, 15) is 14.4 Å². The van der Waals surface area contributed by atoms with Crippen molar-refractivity contribution >= 4 is 34.9 Å². The number of hydrogen-bond acceptors (Lipinski definition) is 3. The van der Waals surface area contributed by atoms with Crippen LogP contribution in [0.4, 0.5) is 5.69 Å². The number of halogens is 1. The van der Waals surface area contributed by atoms with Gasteiger partial charge in [-0.2, -0.15) is 0 Å². The Labute approximate surface area is 253 Å². The minimum absolute atomic E-state index is 0.0401. The van der Waals surface area contributed by atoms with E-state index in [0.29, 0.717) is 40.6 Å². The van der Waals surface area contributed by atoms with Crippen molar-refractivity contribution in [2.45, 2.75) is 76.3 Å². The van der Waals surface area contributed by atoms with Gasteiger partial charge in [0.1, 0.15) is 0 Å². The lowest BCUT2D eigenvalue weighted by atomic mass is 9.69. The largest absolute Gasteiger partial charge is 0.323 e. The van der Waals surface area contributed by atoms with Crippen molar-refractivity contribution < 1.29 is 14.4 Å². The molecule has 42 heavy (non-hydrogen) atoms. The average Bonchev–Trinajstić information content (AvgIpc) is 3.69. The molecule has 1 aliphatic carbocycles. The van der Waals surface area contributed by atoms with Crippen LogP contribution in [0.3, 0.4) is 0 Å². The molecule has 2 heterocycles. The van der Waals surface area contributed by atoms with Crippen LogP contribution in [0.1, 0.15) is 86.2 Å². The van der Waals surface area contributed by atoms with E-state index in [2.05, 4.69) is 19.2 Å². The number of anilines is 1. The second kappa shape index (κ2) is 11.7. The molecule has 0 radical (unpaired) electrons. The number of fused-ring (bicyclic) bond motifs is 2. The van der Waals surface area contributed by atoms with Crippen molar-refractivity contribution in [3.63, 3.8) is 0 Å². The third-order valence-electron chi connectivity index (χ3n) is 9.69. The number of likely N-dealkylation sites (tertiary alicyclic amines) is 1. The summed E-state index contributed by atoms with van der Waals surface area (Å²) in [6.45, 7) is 4.28. The van der Waals surface area contributed by atoms with Crippen LogP contribution in [0.5, 0.6) is 0 Å². The van der Waals surface area contributed by atoms with Gasteiger partial charge in [-0.3, -0.25) is 14.4 Å². The third-order valence-corrected chi connectivity index (χ3v) is 9.94. The number of para-hydroxylation sites is 1. The summed E-state index contributed by atoms with van der Waals surface area (Å²) in [5.41, 5.74) is 1.38. The molecule has 6 rings (SSSR count). The predicted molar refractivity (Wildman–Crippen MR) is 166 cm³/mol. The second-order valence-electron chi connectivity index (χ2n) is 12.7. The van der Waals surface area contributed by atoms with E-state index in [0.717, 1.165) is 24.8 Å². The number of amides is 2. The summed E-state index contributed by atoms with van der Waals surface area (Å²) >= 11 is 6.33. The van der Waals surface area contributed by atoms with Crippen LogP contribution in [-0.2, 0) is 15.1 Å². The van der Waals surface area contributed by atoms with Gasteiger partial charge in [0, 0.05) is 40.2 Å². The van der Waals surface area contributed by atoms with Gasteiger partial charge >= 0.3 is 0 Å². The molecule has 1 saturated heterocycles. The molecule has 1 spiro atoms. The number of benzene rings is 3. The average molecular weight is 583 g/mol. The number of Topliss-reactive ketones (excluding diaryl/α,β-unsaturated/α-hetero) is 1. The molecule has 1 saturated carbocycles. The predicted octanol–water partition coefficient (Wildman–Crippen LogP) is 8.00. The third kappa shape index (κ3) is 4.86. The van der Waals surface area contributed by atoms with Crippen molar-refractivity contribution in [3.05, 3.63) is 101 Å². The molecule has 6 heteroatoms. The van der Waals surface area contributed by atoms with Crippen molar-refractivity contribution in [1.82, 2.24) is 4.90 Å². The van der Waals surface area contributed by atoms with Gasteiger partial charge in [-0.25, -0.2) is 0 Å². The molecule has 3 aromatic carbocycles. The highest BCUT2D eigenvalue weighted by Crippen LogP contribution is 2.60. The fourth-order valence-corrected chi connectivity index (χ4v) is 8.09. The number of nitrogens with one attached hydrogen (secondary N) is 1. The summed E-state index contributed by atoms with van der Waals surface area (Å²) in [7, 11) is 0. The zero-order chi connectivity index (χ0) is 29.4. The van der Waals surface area contributed by atoms with E-state index in [1.807, 2.05) is 83.8 Å². The summed E-state index contributed by atoms with van der Waals surface area (Å²) in [4.78, 5) is 45.9. The highest BCUT2D eigenvalue weighted by molar-refractivity contribution is 6.30. The van der Waals surface area contributed by atoms with E-state index in [4.69, 9.17) is 11.6 Å². The van der Waals surface area contributed by atoms with Gasteiger partial charge in [0.05, 0.1) is 5.92 Å². The van der Waals surface area contributed by atoms with E-state index >= 15 is 0 Å². The maximum atomic E-state index is 14.8. The first kappa shape index (κ1) is 28.7. The van der Waals surface area contributed by atoms with Gasteiger partial charge in [0.2, 0.25) is 5.91 Å². The molecular formula is C36H39ClN2O3. The van der Waals surface area contributed by atoms with E-state index in [-0.39, 0.29) is 29.6 Å². The quantitative estimate of drug-likeness (QED) is 0.274. The molecule has 4 atom stereocenters. The summed E-state index contributed by atoms with van der Waals surface area (Å²) in [6.07, 6.45) is 6.58. The summed E-state index contributed by atoms with van der Waals surface area (Å²) in [5, 5.41) is 3.70. The van der Waals surface area contributed by atoms with Crippen LogP contribution < -0.4 is 5.32 Å². The summed E-state index contributed by atoms with van der Waals surface area (Å²) < 4.78 is 0. The molecule has 2 amide bonds. The monoisotopic (exact) mass is 582 g/mol. The van der Waals surface area contributed by atoms with Gasteiger partial charge in [0.15, 0.2) is 11.3 Å². The van der Waals surface area contributed by atoms with Crippen LogP contribution >= 0.6 is 11.6 Å². The number of hydrogen-bond donors (Lipinski definition) is 1. The van der Waals surface area contributed by atoms with Crippen LogP contribution in [0, 0.1) is 17.8 Å². The standard InChI is InChI=1S/C36H39ClN2O3/c1-23(2)22-30-32(25-17-19-27(37)20-18-25)33(34(41)26-12-4-3-5-13-26)36(28-14-8-9-15-29(28)38-35(36)42)39(30)31(40)21-16-24-10-6-7-11-24/h3-5,8-9,12-15,17-20,23-24,30,32-33H,6-7,10-11,16,21-22H2,1-2H3,(H,38,42). The number of nitrogens with zero attached hydrogens (tertiary/aromatic N) is 1. The van der Waals surface area contributed by atoms with Gasteiger partial charge in [-0.15, -0.1) is 0 Å².